The third kappa shape index (κ3) is 5.49. The van der Waals surface area contributed by atoms with Gasteiger partial charge < -0.3 is 10.1 Å². The summed E-state index contributed by atoms with van der Waals surface area (Å²) >= 11 is 0.995. The van der Waals surface area contributed by atoms with Gasteiger partial charge in [0.25, 0.3) is 0 Å². The molecular formula is C8H17NO3S. The summed E-state index contributed by atoms with van der Waals surface area (Å²) in [6, 6.07) is 0.551. The molecule has 0 aliphatic carbocycles. The lowest BCUT2D eigenvalue weighted by Crippen LogP contribution is -2.27. The van der Waals surface area contributed by atoms with Crippen molar-refractivity contribution in [3.8, 4) is 0 Å². The molecule has 0 amide bonds. The summed E-state index contributed by atoms with van der Waals surface area (Å²) in [6.07, 6.45) is 2.50. The Bertz CT molecular complexity index is 120. The van der Waals surface area contributed by atoms with Crippen molar-refractivity contribution in [2.75, 3.05) is 33.5 Å². The van der Waals surface area contributed by atoms with Crippen LogP contribution in [0.4, 0.5) is 0 Å². The van der Waals surface area contributed by atoms with Gasteiger partial charge in [-0.25, -0.2) is 0 Å². The average molecular weight is 207 g/mol. The molecular weight excluding hydrogens is 190 g/mol. The van der Waals surface area contributed by atoms with E-state index in [4.69, 9.17) is 8.92 Å². The molecule has 13 heavy (non-hydrogen) atoms. The van der Waals surface area contributed by atoms with E-state index in [1.165, 1.54) is 12.8 Å². The van der Waals surface area contributed by atoms with Crippen molar-refractivity contribution in [1.29, 1.82) is 0 Å². The highest BCUT2D eigenvalue weighted by molar-refractivity contribution is 7.89. The van der Waals surface area contributed by atoms with Crippen LogP contribution in [-0.4, -0.2) is 39.5 Å². The fourth-order valence-electron chi connectivity index (χ4n) is 1.30. The highest BCUT2D eigenvalue weighted by Crippen LogP contribution is 2.05. The quantitative estimate of drug-likeness (QED) is 0.498. The van der Waals surface area contributed by atoms with E-state index in [-0.39, 0.29) is 0 Å². The summed E-state index contributed by atoms with van der Waals surface area (Å²) in [6.45, 7) is 3.13. The fourth-order valence-corrected chi connectivity index (χ4v) is 1.53. The van der Waals surface area contributed by atoms with Gasteiger partial charge in [-0.3, -0.25) is 8.37 Å². The number of ether oxygens (including phenoxy) is 1. The van der Waals surface area contributed by atoms with Crippen LogP contribution < -0.4 is 5.32 Å². The largest absolute Gasteiger partial charge is 0.377 e. The first-order valence-corrected chi connectivity index (χ1v) is 5.23. The smallest absolute Gasteiger partial charge is 0.158 e. The van der Waals surface area contributed by atoms with E-state index < -0.39 is 0 Å². The Kier molecular flexibility index (Phi) is 6.57. The first-order chi connectivity index (χ1) is 6.43. The lowest BCUT2D eigenvalue weighted by Gasteiger charge is -2.09. The van der Waals surface area contributed by atoms with Gasteiger partial charge in [-0.05, 0) is 19.4 Å². The van der Waals surface area contributed by atoms with E-state index in [0.29, 0.717) is 19.3 Å². The second kappa shape index (κ2) is 7.58. The van der Waals surface area contributed by atoms with E-state index in [9.17, 15) is 0 Å². The third-order valence-corrected chi connectivity index (χ3v) is 2.31. The van der Waals surface area contributed by atoms with Gasteiger partial charge in [0.05, 0.1) is 26.9 Å². The number of nitrogens with one attached hydrogen (secondary N) is 1. The molecule has 0 spiro atoms. The molecule has 0 aromatic heterocycles. The van der Waals surface area contributed by atoms with E-state index >= 15 is 0 Å². The van der Waals surface area contributed by atoms with Crippen molar-refractivity contribution in [2.45, 2.75) is 18.9 Å². The average Bonchev–Trinajstić information content (AvgIpc) is 2.63. The molecule has 0 aromatic rings. The van der Waals surface area contributed by atoms with Crippen molar-refractivity contribution in [3.05, 3.63) is 0 Å². The van der Waals surface area contributed by atoms with Crippen LogP contribution in [0.2, 0.25) is 0 Å². The molecule has 1 saturated heterocycles. The predicted octanol–water partition coefficient (Wildman–Crippen LogP) is 0.981. The minimum atomic E-state index is 0.551. The van der Waals surface area contributed by atoms with Crippen LogP contribution in [0.25, 0.3) is 0 Å². The summed E-state index contributed by atoms with van der Waals surface area (Å²) in [5.41, 5.74) is 0. The van der Waals surface area contributed by atoms with Crippen LogP contribution in [0.15, 0.2) is 0 Å². The zero-order valence-electron chi connectivity index (χ0n) is 7.95. The van der Waals surface area contributed by atoms with Gasteiger partial charge in [0, 0.05) is 6.04 Å². The van der Waals surface area contributed by atoms with Crippen molar-refractivity contribution in [3.63, 3.8) is 0 Å². The topological polar surface area (TPSA) is 39.7 Å². The van der Waals surface area contributed by atoms with Gasteiger partial charge in [0.2, 0.25) is 0 Å². The zero-order valence-corrected chi connectivity index (χ0v) is 8.77. The first kappa shape index (κ1) is 11.3. The van der Waals surface area contributed by atoms with Gasteiger partial charge in [-0.1, -0.05) is 0 Å². The standard InChI is InChI=1S/C8H17NO3S/c1-10-13-12-6-5-11-7-8-3-2-4-9-8/h8-9H,2-7H2,1H3. The van der Waals surface area contributed by atoms with Crippen LogP contribution in [-0.2, 0) is 13.1 Å². The second-order valence-electron chi connectivity index (χ2n) is 2.92. The molecule has 1 rings (SSSR count). The molecule has 1 N–H and O–H groups in total. The molecule has 78 valence electrons. The Morgan fingerprint density at radius 1 is 1.46 bits per heavy atom. The fraction of sp³-hybridized carbons (Fsp3) is 1.00. The number of hydrogen-bond acceptors (Lipinski definition) is 5. The summed E-state index contributed by atoms with van der Waals surface area (Å²) in [5.74, 6) is 0. The Morgan fingerprint density at radius 3 is 3.08 bits per heavy atom. The molecule has 5 heteroatoms. The van der Waals surface area contributed by atoms with Crippen LogP contribution in [0.3, 0.4) is 0 Å². The Labute approximate surface area is 83.7 Å². The van der Waals surface area contributed by atoms with Gasteiger partial charge >= 0.3 is 0 Å². The predicted molar refractivity (Wildman–Crippen MR) is 52.4 cm³/mol. The lowest BCUT2D eigenvalue weighted by atomic mass is 10.2. The van der Waals surface area contributed by atoms with Crippen molar-refractivity contribution < 1.29 is 13.1 Å². The number of rotatable bonds is 7. The summed E-state index contributed by atoms with van der Waals surface area (Å²) in [4.78, 5) is 0. The highest BCUT2D eigenvalue weighted by Gasteiger charge is 2.13. The van der Waals surface area contributed by atoms with E-state index in [1.54, 1.807) is 7.11 Å². The monoisotopic (exact) mass is 207 g/mol. The number of hydrogen-bond donors (Lipinski definition) is 1. The molecule has 1 fully saturated rings. The van der Waals surface area contributed by atoms with E-state index in [2.05, 4.69) is 9.50 Å². The maximum Gasteiger partial charge on any atom is 0.158 e. The van der Waals surface area contributed by atoms with E-state index in [1.807, 2.05) is 0 Å². The highest BCUT2D eigenvalue weighted by atomic mass is 32.2. The summed E-state index contributed by atoms with van der Waals surface area (Å²) in [7, 11) is 1.58. The van der Waals surface area contributed by atoms with Crippen LogP contribution in [0.1, 0.15) is 12.8 Å². The normalized spacial score (nSPS) is 22.4. The molecule has 1 aliphatic rings. The van der Waals surface area contributed by atoms with Gasteiger partial charge in [-0.15, -0.1) is 0 Å². The van der Waals surface area contributed by atoms with Crippen LogP contribution in [0.5, 0.6) is 0 Å². The van der Waals surface area contributed by atoms with Gasteiger partial charge in [0.15, 0.2) is 12.3 Å². The van der Waals surface area contributed by atoms with Crippen molar-refractivity contribution in [2.24, 2.45) is 0 Å². The maximum atomic E-state index is 5.41. The summed E-state index contributed by atoms with van der Waals surface area (Å²) < 4.78 is 15.1. The molecule has 1 heterocycles. The minimum Gasteiger partial charge on any atom is -0.377 e. The molecule has 0 saturated carbocycles. The molecule has 1 unspecified atom stereocenters. The molecule has 0 aromatic carbocycles. The maximum absolute atomic E-state index is 5.41. The van der Waals surface area contributed by atoms with Crippen molar-refractivity contribution >= 4 is 12.3 Å². The van der Waals surface area contributed by atoms with Crippen LogP contribution >= 0.6 is 12.3 Å². The van der Waals surface area contributed by atoms with Crippen LogP contribution in [0, 0.1) is 0 Å². The molecule has 1 aliphatic heterocycles. The molecule has 4 nitrogen and oxygen atoms in total. The molecule has 0 bridgehead atoms. The Morgan fingerprint density at radius 2 is 2.38 bits per heavy atom. The Balaban J connectivity index is 1.78. The second-order valence-corrected chi connectivity index (χ2v) is 3.63. The molecule has 1 atom stereocenters. The third-order valence-electron chi connectivity index (χ3n) is 1.91. The zero-order chi connectivity index (χ0) is 9.36. The minimum absolute atomic E-state index is 0.551. The first-order valence-electron chi connectivity index (χ1n) is 4.57. The SMILES string of the molecule is COSOCCOCC1CCCN1. The molecule has 0 radical (unpaired) electrons. The van der Waals surface area contributed by atoms with E-state index in [0.717, 1.165) is 25.5 Å². The Hall–Kier alpha value is 0.190. The van der Waals surface area contributed by atoms with Crippen molar-refractivity contribution in [1.82, 2.24) is 5.32 Å². The van der Waals surface area contributed by atoms with Gasteiger partial charge in [0.1, 0.15) is 0 Å². The lowest BCUT2D eigenvalue weighted by molar-refractivity contribution is 0.0903. The summed E-state index contributed by atoms with van der Waals surface area (Å²) in [5, 5.41) is 3.36. The van der Waals surface area contributed by atoms with Gasteiger partial charge in [-0.2, -0.15) is 0 Å².